The van der Waals surface area contributed by atoms with Crippen LogP contribution >= 0.6 is 11.8 Å². The van der Waals surface area contributed by atoms with E-state index in [1.54, 1.807) is 30.6 Å². The van der Waals surface area contributed by atoms with E-state index in [0.717, 1.165) is 4.57 Å². The first kappa shape index (κ1) is 15.0. The predicted molar refractivity (Wildman–Crippen MR) is 81.0 cm³/mol. The molecule has 3 rings (SSSR count). The van der Waals surface area contributed by atoms with Gasteiger partial charge in [0.1, 0.15) is 12.2 Å². The van der Waals surface area contributed by atoms with Crippen LogP contribution in [0.4, 0.5) is 8.78 Å². The first-order valence-electron chi connectivity index (χ1n) is 6.84. The number of halogens is 2. The fraction of sp³-hybridized carbons (Fsp3) is 0.357. The fourth-order valence-corrected chi connectivity index (χ4v) is 3.21. The van der Waals surface area contributed by atoms with Crippen LogP contribution < -0.4 is 0 Å². The summed E-state index contributed by atoms with van der Waals surface area (Å²) in [6, 6.07) is 7.12. The number of aromatic nitrogens is 5. The lowest BCUT2D eigenvalue weighted by Gasteiger charge is -2.10. The van der Waals surface area contributed by atoms with E-state index in [0.29, 0.717) is 27.8 Å². The first-order chi connectivity index (χ1) is 10.6. The highest BCUT2D eigenvalue weighted by atomic mass is 32.2. The lowest BCUT2D eigenvalue weighted by molar-refractivity contribution is 0.0722. The molecule has 0 fully saturated rings. The largest absolute Gasteiger partial charge is 0.320 e. The lowest BCUT2D eigenvalue weighted by Crippen LogP contribution is -2.05. The van der Waals surface area contributed by atoms with Crippen molar-refractivity contribution in [1.29, 1.82) is 0 Å². The zero-order chi connectivity index (χ0) is 15.7. The predicted octanol–water partition coefficient (Wildman–Crippen LogP) is 3.90. The molecule has 3 aromatic rings. The lowest BCUT2D eigenvalue weighted by atomic mass is 10.3. The molecule has 8 heteroatoms. The van der Waals surface area contributed by atoms with Crippen molar-refractivity contribution in [1.82, 2.24) is 24.3 Å². The van der Waals surface area contributed by atoms with Gasteiger partial charge < -0.3 is 4.57 Å². The summed E-state index contributed by atoms with van der Waals surface area (Å²) >= 11 is 1.35. The molecule has 0 aliphatic rings. The van der Waals surface area contributed by atoms with Gasteiger partial charge in [0.25, 0.3) is 0 Å². The van der Waals surface area contributed by atoms with Gasteiger partial charge in [-0.3, -0.25) is 4.57 Å². The molecule has 22 heavy (non-hydrogen) atoms. The molecule has 0 aliphatic carbocycles. The summed E-state index contributed by atoms with van der Waals surface area (Å²) in [6.07, 6.45) is 1.64. The Labute approximate surface area is 130 Å². The molecule has 5 nitrogen and oxygen atoms in total. The minimum Gasteiger partial charge on any atom is -0.306 e. The van der Waals surface area contributed by atoms with Crippen LogP contribution in [0.1, 0.15) is 32.3 Å². The maximum Gasteiger partial charge on any atom is 0.320 e. The fourth-order valence-electron chi connectivity index (χ4n) is 2.23. The standard InChI is InChI=1S/C14H15F2N5S/c1-9(2)20-8-17-19-14(20)22-7-12-18-10-5-3-4-6-11(10)21(12)13(15)16/h3-6,8-9,13H,7H2,1-2H3. The third kappa shape index (κ3) is 2.70. The Hall–Kier alpha value is -1.96. The normalized spacial score (nSPS) is 11.9. The summed E-state index contributed by atoms with van der Waals surface area (Å²) in [5.41, 5.74) is 1.02. The summed E-state index contributed by atoms with van der Waals surface area (Å²) < 4.78 is 29.6. The quantitative estimate of drug-likeness (QED) is 0.668. The van der Waals surface area contributed by atoms with E-state index < -0.39 is 6.55 Å². The van der Waals surface area contributed by atoms with Gasteiger partial charge in [0.2, 0.25) is 0 Å². The molecule has 0 amide bonds. The topological polar surface area (TPSA) is 48.5 Å². The second-order valence-corrected chi connectivity index (χ2v) is 6.01. The van der Waals surface area contributed by atoms with Crippen molar-refractivity contribution in [2.24, 2.45) is 0 Å². The van der Waals surface area contributed by atoms with Crippen LogP contribution in [0.3, 0.4) is 0 Å². The van der Waals surface area contributed by atoms with Gasteiger partial charge in [-0.25, -0.2) is 4.98 Å². The van der Waals surface area contributed by atoms with E-state index >= 15 is 0 Å². The smallest absolute Gasteiger partial charge is 0.306 e. The number of para-hydroxylation sites is 2. The number of alkyl halides is 2. The highest BCUT2D eigenvalue weighted by molar-refractivity contribution is 7.98. The van der Waals surface area contributed by atoms with Crippen LogP contribution in [0.2, 0.25) is 0 Å². The van der Waals surface area contributed by atoms with Crippen LogP contribution in [-0.2, 0) is 5.75 Å². The van der Waals surface area contributed by atoms with Crippen molar-refractivity contribution in [2.75, 3.05) is 0 Å². The minimum atomic E-state index is -2.62. The maximum absolute atomic E-state index is 13.3. The third-order valence-corrected chi connectivity index (χ3v) is 4.24. The average Bonchev–Trinajstić information content (AvgIpc) is 3.08. The van der Waals surface area contributed by atoms with Gasteiger partial charge in [-0.1, -0.05) is 23.9 Å². The highest BCUT2D eigenvalue weighted by Crippen LogP contribution is 2.28. The molecule has 0 saturated heterocycles. The average molecular weight is 323 g/mol. The molecule has 0 saturated carbocycles. The number of imidazole rings is 1. The number of hydrogen-bond donors (Lipinski definition) is 0. The third-order valence-electron chi connectivity index (χ3n) is 3.29. The van der Waals surface area contributed by atoms with Crippen LogP contribution in [0.25, 0.3) is 11.0 Å². The molecular weight excluding hydrogens is 308 g/mol. The van der Waals surface area contributed by atoms with Gasteiger partial charge in [-0.2, -0.15) is 8.78 Å². The summed E-state index contributed by atoms with van der Waals surface area (Å²) in [5, 5.41) is 8.60. The molecule has 0 aliphatic heterocycles. The molecule has 0 atom stereocenters. The molecule has 116 valence electrons. The molecule has 0 bridgehead atoms. The Bertz CT molecular complexity index is 780. The summed E-state index contributed by atoms with van der Waals surface area (Å²) in [6.45, 7) is 1.41. The second kappa shape index (κ2) is 6.04. The van der Waals surface area contributed by atoms with Gasteiger partial charge in [-0.05, 0) is 26.0 Å². The molecule has 1 aromatic carbocycles. The van der Waals surface area contributed by atoms with Crippen LogP contribution in [0, 0.1) is 0 Å². The Morgan fingerprint density at radius 2 is 2.00 bits per heavy atom. The number of fused-ring (bicyclic) bond motifs is 1. The zero-order valence-corrected chi connectivity index (χ0v) is 13.0. The van der Waals surface area contributed by atoms with Crippen LogP contribution in [-0.4, -0.2) is 24.3 Å². The Kier molecular flexibility index (Phi) is 4.10. The van der Waals surface area contributed by atoms with Crippen LogP contribution in [0.15, 0.2) is 35.7 Å². The molecule has 0 unspecified atom stereocenters. The van der Waals surface area contributed by atoms with E-state index in [1.807, 2.05) is 18.4 Å². The summed E-state index contributed by atoms with van der Waals surface area (Å²) in [7, 11) is 0. The molecular formula is C14H15F2N5S. The van der Waals surface area contributed by atoms with E-state index in [1.165, 1.54) is 11.8 Å². The zero-order valence-electron chi connectivity index (χ0n) is 12.1. The van der Waals surface area contributed by atoms with Crippen molar-refractivity contribution >= 4 is 22.8 Å². The number of hydrogen-bond acceptors (Lipinski definition) is 4. The molecule has 2 aromatic heterocycles. The van der Waals surface area contributed by atoms with Gasteiger partial charge in [0, 0.05) is 6.04 Å². The van der Waals surface area contributed by atoms with Crippen molar-refractivity contribution in [2.45, 2.75) is 37.3 Å². The number of nitrogens with zero attached hydrogens (tertiary/aromatic N) is 5. The van der Waals surface area contributed by atoms with Crippen molar-refractivity contribution in [3.63, 3.8) is 0 Å². The number of rotatable bonds is 5. The molecule has 0 radical (unpaired) electrons. The number of thioether (sulfide) groups is 1. The second-order valence-electron chi connectivity index (χ2n) is 5.07. The van der Waals surface area contributed by atoms with Gasteiger partial charge in [0.15, 0.2) is 5.16 Å². The van der Waals surface area contributed by atoms with E-state index in [-0.39, 0.29) is 6.04 Å². The summed E-state index contributed by atoms with van der Waals surface area (Å²) in [5.74, 6) is 0.643. The van der Waals surface area contributed by atoms with Gasteiger partial charge in [-0.15, -0.1) is 10.2 Å². The van der Waals surface area contributed by atoms with Gasteiger partial charge in [0.05, 0.1) is 16.8 Å². The Morgan fingerprint density at radius 3 is 2.73 bits per heavy atom. The first-order valence-corrected chi connectivity index (χ1v) is 7.82. The molecule has 0 spiro atoms. The monoisotopic (exact) mass is 323 g/mol. The summed E-state index contributed by atoms with van der Waals surface area (Å²) in [4.78, 5) is 4.31. The van der Waals surface area contributed by atoms with E-state index in [4.69, 9.17) is 0 Å². The molecule has 0 N–H and O–H groups in total. The van der Waals surface area contributed by atoms with Crippen LogP contribution in [0.5, 0.6) is 0 Å². The SMILES string of the molecule is CC(C)n1cnnc1SCc1nc2ccccc2n1C(F)F. The van der Waals surface area contributed by atoms with Crippen molar-refractivity contribution in [3.05, 3.63) is 36.4 Å². The van der Waals surface area contributed by atoms with Gasteiger partial charge >= 0.3 is 6.55 Å². The minimum absolute atomic E-state index is 0.214. The Balaban J connectivity index is 1.90. The maximum atomic E-state index is 13.3. The highest BCUT2D eigenvalue weighted by Gasteiger charge is 2.18. The van der Waals surface area contributed by atoms with E-state index in [9.17, 15) is 8.78 Å². The van der Waals surface area contributed by atoms with Crippen molar-refractivity contribution in [3.8, 4) is 0 Å². The van der Waals surface area contributed by atoms with Crippen molar-refractivity contribution < 1.29 is 8.78 Å². The number of benzene rings is 1. The van der Waals surface area contributed by atoms with E-state index in [2.05, 4.69) is 15.2 Å². The Morgan fingerprint density at radius 1 is 1.23 bits per heavy atom. The molecule has 2 heterocycles.